The third-order valence-corrected chi connectivity index (χ3v) is 5.12. The van der Waals surface area contributed by atoms with E-state index in [-0.39, 0.29) is 0 Å². The predicted octanol–water partition coefficient (Wildman–Crippen LogP) is 6.05. The van der Waals surface area contributed by atoms with Crippen LogP contribution < -0.4 is 0 Å². The Balaban J connectivity index is 2.01. The predicted molar refractivity (Wildman–Crippen MR) is 109 cm³/mol. The number of rotatable bonds is 14. The first-order valence-electron chi connectivity index (χ1n) is 10.8. The van der Waals surface area contributed by atoms with E-state index >= 15 is 0 Å². The summed E-state index contributed by atoms with van der Waals surface area (Å²) in [6.07, 6.45) is 17.8. The fraction of sp³-hybridized carbons (Fsp3) is 0.739. The summed E-state index contributed by atoms with van der Waals surface area (Å²) in [6, 6.07) is 0. The molecule has 1 aliphatic rings. The molecule has 0 aliphatic heterocycles. The van der Waals surface area contributed by atoms with E-state index in [1.165, 1.54) is 62.5 Å². The molecule has 0 atom stereocenters. The molecule has 0 spiro atoms. The van der Waals surface area contributed by atoms with Gasteiger partial charge in [-0.2, -0.15) is 0 Å². The topological polar surface area (TPSA) is 52.6 Å². The summed E-state index contributed by atoms with van der Waals surface area (Å²) in [5.41, 5.74) is 2.55. The van der Waals surface area contributed by atoms with Crippen molar-refractivity contribution >= 4 is 11.9 Å². The zero-order valence-corrected chi connectivity index (χ0v) is 17.4. The molecule has 0 saturated carbocycles. The van der Waals surface area contributed by atoms with Crippen molar-refractivity contribution in [3.63, 3.8) is 0 Å². The maximum atomic E-state index is 11.7. The maximum absolute atomic E-state index is 11.7. The van der Waals surface area contributed by atoms with Crippen LogP contribution in [0.25, 0.3) is 0 Å². The summed E-state index contributed by atoms with van der Waals surface area (Å²) in [4.78, 5) is 23.3. The Morgan fingerprint density at radius 2 is 1.37 bits per heavy atom. The molecule has 0 radical (unpaired) electrons. The van der Waals surface area contributed by atoms with Gasteiger partial charge in [-0.3, -0.25) is 0 Å². The third-order valence-electron chi connectivity index (χ3n) is 5.12. The van der Waals surface area contributed by atoms with Crippen molar-refractivity contribution in [2.45, 2.75) is 97.3 Å². The number of unbranched alkanes of at least 4 members (excludes halogenated alkanes) is 8. The van der Waals surface area contributed by atoms with Crippen molar-refractivity contribution in [2.75, 3.05) is 13.2 Å². The van der Waals surface area contributed by atoms with E-state index in [2.05, 4.69) is 13.8 Å². The lowest BCUT2D eigenvalue weighted by atomic mass is 9.93. The first kappa shape index (κ1) is 23.5. The molecule has 0 amide bonds. The van der Waals surface area contributed by atoms with Crippen molar-refractivity contribution in [2.24, 2.45) is 0 Å². The van der Waals surface area contributed by atoms with E-state index in [4.69, 9.17) is 9.47 Å². The lowest BCUT2D eigenvalue weighted by Crippen LogP contribution is -2.10. The van der Waals surface area contributed by atoms with E-state index in [0.29, 0.717) is 13.2 Å². The number of hydrogen-bond acceptors (Lipinski definition) is 4. The Kier molecular flexibility index (Phi) is 13.4. The maximum Gasteiger partial charge on any atom is 0.331 e. The Morgan fingerprint density at radius 3 is 2.00 bits per heavy atom. The van der Waals surface area contributed by atoms with Gasteiger partial charge in [0.1, 0.15) is 6.61 Å². The molecule has 0 unspecified atom stereocenters. The smallest absolute Gasteiger partial charge is 0.331 e. The lowest BCUT2D eigenvalue weighted by Gasteiger charge is -2.17. The molecule has 0 heterocycles. The van der Waals surface area contributed by atoms with Crippen LogP contribution in [0, 0.1) is 0 Å². The van der Waals surface area contributed by atoms with Crippen LogP contribution in [0.3, 0.4) is 0 Å². The number of esters is 2. The normalized spacial score (nSPS) is 14.6. The van der Waals surface area contributed by atoms with Gasteiger partial charge in [0.05, 0.1) is 6.61 Å². The monoisotopic (exact) mass is 378 g/mol. The molecule has 0 fully saturated rings. The van der Waals surface area contributed by atoms with Crippen LogP contribution in [-0.4, -0.2) is 25.2 Å². The van der Waals surface area contributed by atoms with Crippen LogP contribution in [0.2, 0.25) is 0 Å². The molecular weight excluding hydrogens is 340 g/mol. The quantitative estimate of drug-likeness (QED) is 0.160. The van der Waals surface area contributed by atoms with Crippen LogP contribution in [0.4, 0.5) is 0 Å². The molecule has 0 aromatic carbocycles. The molecule has 0 aromatic rings. The highest BCUT2D eigenvalue weighted by atomic mass is 16.5. The second-order valence-electron chi connectivity index (χ2n) is 7.53. The van der Waals surface area contributed by atoms with Gasteiger partial charge in [0.2, 0.25) is 0 Å². The van der Waals surface area contributed by atoms with Gasteiger partial charge in [0.25, 0.3) is 0 Å². The molecule has 1 aliphatic carbocycles. The van der Waals surface area contributed by atoms with E-state index in [1.807, 2.05) is 0 Å². The summed E-state index contributed by atoms with van der Waals surface area (Å²) >= 11 is 0. The highest BCUT2D eigenvalue weighted by molar-refractivity contribution is 5.91. The van der Waals surface area contributed by atoms with Crippen LogP contribution in [-0.2, 0) is 19.1 Å². The summed E-state index contributed by atoms with van der Waals surface area (Å²) in [7, 11) is 0. The largest absolute Gasteiger partial charge is 0.463 e. The van der Waals surface area contributed by atoms with Crippen molar-refractivity contribution in [1.82, 2.24) is 0 Å². The Labute approximate surface area is 165 Å². The van der Waals surface area contributed by atoms with Gasteiger partial charge in [-0.1, -0.05) is 63.9 Å². The van der Waals surface area contributed by atoms with Gasteiger partial charge < -0.3 is 9.47 Å². The fourth-order valence-electron chi connectivity index (χ4n) is 3.29. The Bertz CT molecular complexity index is 491. The van der Waals surface area contributed by atoms with E-state index in [0.717, 1.165) is 44.3 Å². The molecule has 0 aromatic heterocycles. The summed E-state index contributed by atoms with van der Waals surface area (Å²) in [5.74, 6) is -0.958. The number of ether oxygens (including phenoxy) is 2. The van der Waals surface area contributed by atoms with Crippen LogP contribution >= 0.6 is 0 Å². The van der Waals surface area contributed by atoms with Crippen LogP contribution in [0.1, 0.15) is 97.3 Å². The highest BCUT2D eigenvalue weighted by Gasteiger charge is 2.10. The number of allylic oxidation sites excluding steroid dienone is 1. The van der Waals surface area contributed by atoms with Crippen LogP contribution in [0.15, 0.2) is 23.3 Å². The van der Waals surface area contributed by atoms with E-state index in [9.17, 15) is 9.59 Å². The van der Waals surface area contributed by atoms with Crippen molar-refractivity contribution in [3.05, 3.63) is 23.3 Å². The highest BCUT2D eigenvalue weighted by Crippen LogP contribution is 2.24. The number of carbonyl (C=O) groups is 2. The minimum absolute atomic E-state index is 0.336. The summed E-state index contributed by atoms with van der Waals surface area (Å²) in [6.45, 7) is 5.08. The molecule has 0 saturated heterocycles. The molecule has 27 heavy (non-hydrogen) atoms. The van der Waals surface area contributed by atoms with E-state index < -0.39 is 11.9 Å². The molecule has 4 nitrogen and oxygen atoms in total. The Hall–Kier alpha value is -1.58. The van der Waals surface area contributed by atoms with Gasteiger partial charge in [0.15, 0.2) is 0 Å². The first-order valence-corrected chi connectivity index (χ1v) is 10.8. The zero-order valence-electron chi connectivity index (χ0n) is 17.4. The standard InChI is InChI=1S/C23H38O4/c1-3-4-5-6-7-8-9-10-13-18-26-22(24)16-17-23(25)27-19-21-15-12-11-14-20(21)2/h16-17H,3-15,18-19H2,1-2H3/b17-16+. The number of hydrogen-bond donors (Lipinski definition) is 0. The SMILES string of the molecule is CCCCCCCCCCCOC(=O)/C=C/C(=O)OCC1=C(C)CCCC1. The van der Waals surface area contributed by atoms with Gasteiger partial charge >= 0.3 is 11.9 Å². The van der Waals surface area contributed by atoms with E-state index in [1.54, 1.807) is 0 Å². The van der Waals surface area contributed by atoms with Gasteiger partial charge in [-0.05, 0) is 44.6 Å². The molecule has 0 N–H and O–H groups in total. The van der Waals surface area contributed by atoms with Gasteiger partial charge in [0, 0.05) is 12.2 Å². The molecule has 4 heteroatoms. The summed E-state index contributed by atoms with van der Waals surface area (Å²) in [5, 5.41) is 0. The molecular formula is C23H38O4. The summed E-state index contributed by atoms with van der Waals surface area (Å²) < 4.78 is 10.3. The minimum atomic E-state index is -0.485. The van der Waals surface area contributed by atoms with Crippen molar-refractivity contribution in [1.29, 1.82) is 0 Å². The zero-order chi connectivity index (χ0) is 19.7. The van der Waals surface area contributed by atoms with Crippen molar-refractivity contribution in [3.8, 4) is 0 Å². The molecule has 154 valence electrons. The second-order valence-corrected chi connectivity index (χ2v) is 7.53. The molecule has 0 bridgehead atoms. The average Bonchev–Trinajstić information content (AvgIpc) is 2.67. The first-order chi connectivity index (χ1) is 13.1. The number of carbonyl (C=O) groups excluding carboxylic acids is 2. The van der Waals surface area contributed by atoms with Crippen LogP contribution in [0.5, 0.6) is 0 Å². The molecule has 1 rings (SSSR count). The third kappa shape index (κ3) is 12.4. The second kappa shape index (κ2) is 15.5. The minimum Gasteiger partial charge on any atom is -0.463 e. The van der Waals surface area contributed by atoms with Crippen molar-refractivity contribution < 1.29 is 19.1 Å². The van der Waals surface area contributed by atoms with Gasteiger partial charge in [-0.25, -0.2) is 9.59 Å². The fourth-order valence-corrected chi connectivity index (χ4v) is 3.29. The Morgan fingerprint density at radius 1 is 0.815 bits per heavy atom. The average molecular weight is 379 g/mol. The van der Waals surface area contributed by atoms with Gasteiger partial charge in [-0.15, -0.1) is 0 Å². The lowest BCUT2D eigenvalue weighted by molar-refractivity contribution is -0.140.